The quantitative estimate of drug-likeness (QED) is 0.639. The van der Waals surface area contributed by atoms with Gasteiger partial charge in [-0.25, -0.2) is 4.79 Å². The van der Waals surface area contributed by atoms with Crippen LogP contribution in [0.3, 0.4) is 0 Å². The molecular weight excluding hydrogens is 154 g/mol. The molecule has 0 aliphatic heterocycles. The summed E-state index contributed by atoms with van der Waals surface area (Å²) in [6, 6.07) is 0. The fraction of sp³-hybridized carbons (Fsp3) is 0.600. The van der Waals surface area contributed by atoms with Crippen molar-refractivity contribution in [2.45, 2.75) is 6.42 Å². The van der Waals surface area contributed by atoms with Gasteiger partial charge in [0.2, 0.25) is 5.89 Å². The molecular formula is C5H7NO3S. The van der Waals surface area contributed by atoms with Gasteiger partial charge in [0.15, 0.2) is 0 Å². The highest BCUT2D eigenvalue weighted by atomic mass is 32.1. The molecule has 4 nitrogen and oxygen atoms in total. The lowest BCUT2D eigenvalue weighted by atomic mass is 10.5. The largest absolute Gasteiger partial charge is 0.414 e. The van der Waals surface area contributed by atoms with Gasteiger partial charge in [-0.05, 0) is 0 Å². The predicted octanol–water partition coefficient (Wildman–Crippen LogP) is 0.285. The van der Waals surface area contributed by atoms with Crippen LogP contribution in [-0.2, 0) is 11.2 Å². The van der Waals surface area contributed by atoms with Crippen LogP contribution in [-0.4, -0.2) is 18.1 Å². The molecule has 1 aromatic rings. The first kappa shape index (κ1) is 7.43. The topological polar surface area (TPSA) is 52.3 Å². The minimum absolute atomic E-state index is 0.355. The molecule has 0 bridgehead atoms. The average molecular weight is 161 g/mol. The first-order chi connectivity index (χ1) is 4.83. The summed E-state index contributed by atoms with van der Waals surface area (Å²) in [7, 11) is 1.59. The second-order valence-electron chi connectivity index (χ2n) is 1.67. The molecule has 0 saturated carbocycles. The van der Waals surface area contributed by atoms with Crippen molar-refractivity contribution in [2.24, 2.45) is 0 Å². The van der Waals surface area contributed by atoms with Crippen LogP contribution < -0.4 is 4.94 Å². The van der Waals surface area contributed by atoms with Gasteiger partial charge in [-0.15, -0.1) is 0 Å². The van der Waals surface area contributed by atoms with Crippen LogP contribution in [0.25, 0.3) is 0 Å². The van der Waals surface area contributed by atoms with Crippen LogP contribution in [0.4, 0.5) is 0 Å². The Kier molecular flexibility index (Phi) is 2.58. The third-order valence-electron chi connectivity index (χ3n) is 0.943. The van der Waals surface area contributed by atoms with Crippen molar-refractivity contribution in [2.75, 3.05) is 13.7 Å². The normalized spacial score (nSPS) is 10.1. The summed E-state index contributed by atoms with van der Waals surface area (Å²) in [4.78, 5) is 10.0. The summed E-state index contributed by atoms with van der Waals surface area (Å²) in [6.07, 6.45) is 0.565. The molecule has 0 aromatic carbocycles. The van der Waals surface area contributed by atoms with E-state index in [0.717, 1.165) is 11.5 Å². The van der Waals surface area contributed by atoms with Crippen LogP contribution in [0, 0.1) is 0 Å². The molecule has 0 fully saturated rings. The predicted molar refractivity (Wildman–Crippen MR) is 36.2 cm³/mol. The Balaban J connectivity index is 2.50. The number of hydrogen-bond acceptors (Lipinski definition) is 5. The first-order valence-corrected chi connectivity index (χ1v) is 3.55. The molecule has 0 spiro atoms. The Morgan fingerprint density at radius 1 is 1.80 bits per heavy atom. The zero-order valence-corrected chi connectivity index (χ0v) is 6.31. The van der Waals surface area contributed by atoms with Crippen molar-refractivity contribution in [3.8, 4) is 0 Å². The van der Waals surface area contributed by atoms with E-state index in [1.807, 2.05) is 0 Å². The highest BCUT2D eigenvalue weighted by molar-refractivity contribution is 7.02. The maximum absolute atomic E-state index is 10.4. The first-order valence-electron chi connectivity index (χ1n) is 2.77. The van der Waals surface area contributed by atoms with Crippen molar-refractivity contribution in [3.05, 3.63) is 15.6 Å². The van der Waals surface area contributed by atoms with Crippen molar-refractivity contribution >= 4 is 11.5 Å². The van der Waals surface area contributed by atoms with Gasteiger partial charge in [-0.2, -0.15) is 4.37 Å². The lowest BCUT2D eigenvalue weighted by Gasteiger charge is -1.89. The van der Waals surface area contributed by atoms with E-state index in [4.69, 9.17) is 4.74 Å². The molecule has 0 amide bonds. The summed E-state index contributed by atoms with van der Waals surface area (Å²) in [6.45, 7) is 0.534. The highest BCUT2D eigenvalue weighted by Gasteiger charge is 1.99. The highest BCUT2D eigenvalue weighted by Crippen LogP contribution is 1.93. The summed E-state index contributed by atoms with van der Waals surface area (Å²) in [5.74, 6) is 0.455. The van der Waals surface area contributed by atoms with E-state index in [-0.39, 0.29) is 4.94 Å². The molecule has 56 valence electrons. The number of methoxy groups -OCH3 is 1. The molecule has 1 aromatic heterocycles. The average Bonchev–Trinajstić information content (AvgIpc) is 2.31. The van der Waals surface area contributed by atoms with Gasteiger partial charge in [-0.3, -0.25) is 0 Å². The summed E-state index contributed by atoms with van der Waals surface area (Å²) in [5.41, 5.74) is 0. The maximum Gasteiger partial charge on any atom is 0.414 e. The lowest BCUT2D eigenvalue weighted by molar-refractivity contribution is 0.194. The van der Waals surface area contributed by atoms with Gasteiger partial charge in [0.25, 0.3) is 0 Å². The third kappa shape index (κ3) is 1.93. The van der Waals surface area contributed by atoms with Crippen LogP contribution in [0.15, 0.2) is 9.21 Å². The van der Waals surface area contributed by atoms with E-state index in [1.165, 1.54) is 0 Å². The van der Waals surface area contributed by atoms with E-state index >= 15 is 0 Å². The molecule has 1 heterocycles. The molecule has 0 unspecified atom stereocenters. The summed E-state index contributed by atoms with van der Waals surface area (Å²) < 4.78 is 13.2. The van der Waals surface area contributed by atoms with Gasteiger partial charge in [0, 0.05) is 25.1 Å². The molecule has 0 aliphatic carbocycles. The number of ether oxygens (including phenoxy) is 1. The summed E-state index contributed by atoms with van der Waals surface area (Å²) in [5, 5.41) is 0. The van der Waals surface area contributed by atoms with E-state index < -0.39 is 0 Å². The molecule has 5 heteroatoms. The second-order valence-corrected chi connectivity index (χ2v) is 2.37. The van der Waals surface area contributed by atoms with Gasteiger partial charge in [0.1, 0.15) is 0 Å². The Bertz CT molecular complexity index is 241. The number of nitrogens with zero attached hydrogens (tertiary/aromatic N) is 1. The van der Waals surface area contributed by atoms with Crippen molar-refractivity contribution < 1.29 is 9.15 Å². The van der Waals surface area contributed by atoms with Gasteiger partial charge in [0.05, 0.1) is 6.61 Å². The zero-order chi connectivity index (χ0) is 7.40. The third-order valence-corrected chi connectivity index (χ3v) is 1.47. The van der Waals surface area contributed by atoms with Gasteiger partial charge in [-0.1, -0.05) is 0 Å². The van der Waals surface area contributed by atoms with E-state index in [1.54, 1.807) is 7.11 Å². The van der Waals surface area contributed by atoms with Crippen LogP contribution in [0.2, 0.25) is 0 Å². The van der Waals surface area contributed by atoms with E-state index in [0.29, 0.717) is 18.9 Å². The number of hydrogen-bond donors (Lipinski definition) is 0. The molecule has 0 radical (unpaired) electrons. The standard InChI is InChI=1S/C5H7NO3S/c1-8-3-2-4-6-10-5(7)9-4/h2-3H2,1H3. The second kappa shape index (κ2) is 3.48. The zero-order valence-electron chi connectivity index (χ0n) is 5.49. The molecule has 10 heavy (non-hydrogen) atoms. The number of rotatable bonds is 3. The molecule has 0 aliphatic rings. The molecule has 1 rings (SSSR count). The van der Waals surface area contributed by atoms with Gasteiger partial charge < -0.3 is 9.15 Å². The van der Waals surface area contributed by atoms with Crippen molar-refractivity contribution in [3.63, 3.8) is 0 Å². The van der Waals surface area contributed by atoms with E-state index in [9.17, 15) is 4.79 Å². The molecule has 0 saturated heterocycles. The monoisotopic (exact) mass is 161 g/mol. The fourth-order valence-corrected chi connectivity index (χ4v) is 0.946. The van der Waals surface area contributed by atoms with Gasteiger partial charge >= 0.3 is 4.94 Å². The number of aromatic nitrogens is 1. The van der Waals surface area contributed by atoms with Crippen molar-refractivity contribution in [1.29, 1.82) is 0 Å². The fourth-order valence-electron chi connectivity index (χ4n) is 0.508. The summed E-state index contributed by atoms with van der Waals surface area (Å²) >= 11 is 0.827. The van der Waals surface area contributed by atoms with Crippen LogP contribution >= 0.6 is 11.5 Å². The molecule has 0 atom stereocenters. The minimum Gasteiger partial charge on any atom is -0.398 e. The smallest absolute Gasteiger partial charge is 0.398 e. The Morgan fingerprint density at radius 3 is 3.10 bits per heavy atom. The maximum atomic E-state index is 10.4. The lowest BCUT2D eigenvalue weighted by Crippen LogP contribution is -1.94. The minimum atomic E-state index is -0.355. The van der Waals surface area contributed by atoms with Crippen LogP contribution in [0.1, 0.15) is 5.89 Å². The molecule has 0 N–H and O–H groups in total. The van der Waals surface area contributed by atoms with Crippen LogP contribution in [0.5, 0.6) is 0 Å². The SMILES string of the molecule is COCCc1nsc(=O)o1. The van der Waals surface area contributed by atoms with E-state index in [2.05, 4.69) is 8.79 Å². The Labute approximate surface area is 61.6 Å². The Hall–Kier alpha value is -0.680. The van der Waals surface area contributed by atoms with Crippen molar-refractivity contribution in [1.82, 2.24) is 4.37 Å². The Morgan fingerprint density at radius 2 is 2.60 bits per heavy atom.